The zero-order chi connectivity index (χ0) is 61.5. The number of fused-ring (bicyclic) bond motifs is 5. The number of allylic oxidation sites excluding steroid dienone is 3. The molecule has 8 amide bonds. The van der Waals surface area contributed by atoms with Crippen LogP contribution < -0.4 is 47.3 Å². The number of benzene rings is 2. The Bertz CT molecular complexity index is 2800. The van der Waals surface area contributed by atoms with Crippen LogP contribution in [0.1, 0.15) is 98.5 Å². The van der Waals surface area contributed by atoms with Gasteiger partial charge in [-0.15, -0.1) is 0 Å². The van der Waals surface area contributed by atoms with E-state index in [4.69, 9.17) is 45.8 Å². The summed E-state index contributed by atoms with van der Waals surface area (Å²) in [6.07, 6.45) is 0.721. The maximum atomic E-state index is 14.4. The first-order valence-electron chi connectivity index (χ1n) is 27.2. The molecule has 0 radical (unpaired) electrons. The van der Waals surface area contributed by atoms with E-state index >= 15 is 0 Å². The molecule has 3 heterocycles. The number of halogens is 3. The van der Waals surface area contributed by atoms with Crippen molar-refractivity contribution in [1.82, 2.24) is 21.3 Å². The zero-order valence-electron chi connectivity index (χ0n) is 48.1. The van der Waals surface area contributed by atoms with Crippen molar-refractivity contribution in [3.8, 4) is 5.75 Å². The second-order valence-electron chi connectivity index (χ2n) is 21.5. The highest BCUT2D eigenvalue weighted by atomic mass is 79.9. The number of carbonyl (C=O) groups is 8. The number of aliphatic hydroxyl groups is 1. The molecule has 83 heavy (non-hydrogen) atoms. The van der Waals surface area contributed by atoms with Gasteiger partial charge in [0, 0.05) is 60.5 Å². The molecule has 456 valence electrons. The van der Waals surface area contributed by atoms with Crippen LogP contribution in [-0.4, -0.2) is 140 Å². The zero-order valence-corrected chi connectivity index (χ0v) is 52.0. The fraction of sp³-hybridized carbons (Fsp3) is 0.544. The Morgan fingerprint density at radius 1 is 1.02 bits per heavy atom. The quantitative estimate of drug-likeness (QED) is 0.0141. The maximum absolute atomic E-state index is 14.4. The minimum Gasteiger partial charge on any atom is -0.495 e. The van der Waals surface area contributed by atoms with Gasteiger partial charge in [-0.3, -0.25) is 29.8 Å². The number of epoxide rings is 1. The molecule has 0 saturated carbocycles. The third-order valence-corrected chi connectivity index (χ3v) is 16.3. The fourth-order valence-electron chi connectivity index (χ4n) is 9.72. The van der Waals surface area contributed by atoms with Crippen molar-refractivity contribution < 1.29 is 71.9 Å². The lowest BCUT2D eigenvalue weighted by Crippen LogP contribution is -2.63. The van der Waals surface area contributed by atoms with Crippen molar-refractivity contribution >= 4 is 108 Å². The Kier molecular flexibility index (Phi) is 24.8. The number of ether oxygens (including phenoxy) is 6. The van der Waals surface area contributed by atoms with Crippen LogP contribution in [0.25, 0.3) is 0 Å². The number of rotatable bonds is 22. The molecule has 0 aliphatic carbocycles. The summed E-state index contributed by atoms with van der Waals surface area (Å²) in [6.45, 7) is 14.3. The average molecular weight is 1310 g/mol. The van der Waals surface area contributed by atoms with Crippen LogP contribution >= 0.6 is 43.5 Å². The first-order chi connectivity index (χ1) is 39.1. The van der Waals surface area contributed by atoms with E-state index in [1.165, 1.54) is 44.4 Å². The Balaban J connectivity index is 1.32. The highest BCUT2D eigenvalue weighted by molar-refractivity contribution is 9.10. The lowest BCUT2D eigenvalue weighted by Gasteiger charge is -2.42. The highest BCUT2D eigenvalue weighted by Crippen LogP contribution is 2.49. The average Bonchev–Trinajstić information content (AvgIpc) is 3.52. The van der Waals surface area contributed by atoms with Crippen LogP contribution in [-0.2, 0) is 54.1 Å². The summed E-state index contributed by atoms with van der Waals surface area (Å²) in [5.41, 5.74) is 4.71. The van der Waals surface area contributed by atoms with E-state index in [1.807, 2.05) is 13.0 Å². The van der Waals surface area contributed by atoms with Crippen LogP contribution in [0.4, 0.5) is 31.4 Å². The smallest absolute Gasteiger partial charge is 0.412 e. The first-order valence-corrected chi connectivity index (χ1v) is 29.5. The van der Waals surface area contributed by atoms with Gasteiger partial charge in [0.1, 0.15) is 46.8 Å². The SMILES string of the molecule is C=C(CBr)C(=O)OC(C)CCCCC(=O)N[C@H](C(=O)N[C@@H](CCCNC(N)=O)C(=O)Nc1ccc(NC(=O)O[C@H]2CC(=O)N(C)c3cc(cc(OC)c3Cl)C/C(C)=C/C=C/[C@@H](OC)[C@@]3(O)C[C@H](OC(=O)N3)[C@@H](C)[C@@H]3O[C@@]23C)cc1Br)C(C)C. The van der Waals surface area contributed by atoms with E-state index in [-0.39, 0.29) is 65.8 Å². The van der Waals surface area contributed by atoms with Crippen LogP contribution in [0.2, 0.25) is 5.02 Å². The first kappa shape index (κ1) is 67.5. The second-order valence-corrected chi connectivity index (χ2v) is 23.3. The van der Waals surface area contributed by atoms with Gasteiger partial charge in [0.25, 0.3) is 0 Å². The van der Waals surface area contributed by atoms with Gasteiger partial charge in [-0.2, -0.15) is 0 Å². The lowest BCUT2D eigenvalue weighted by atomic mass is 9.83. The van der Waals surface area contributed by atoms with E-state index in [9.17, 15) is 43.5 Å². The van der Waals surface area contributed by atoms with Crippen molar-refractivity contribution in [3.05, 3.63) is 81.3 Å². The summed E-state index contributed by atoms with van der Waals surface area (Å²) in [7, 11) is 4.40. The number of unbranched alkanes of at least 4 members (excludes halogenated alkanes) is 1. The maximum Gasteiger partial charge on any atom is 0.412 e. The van der Waals surface area contributed by atoms with Gasteiger partial charge in [-0.05, 0) is 117 Å². The number of amides is 8. The van der Waals surface area contributed by atoms with E-state index in [0.29, 0.717) is 47.2 Å². The number of alkyl carbamates (subject to hydrolysis) is 1. The second kappa shape index (κ2) is 30.5. The number of nitrogens with one attached hydrogen (secondary N) is 6. The molecule has 4 bridgehead atoms. The van der Waals surface area contributed by atoms with Gasteiger partial charge in [0.05, 0.1) is 37.1 Å². The number of hydrogen-bond acceptors (Lipinski definition) is 15. The Labute approximate surface area is 505 Å². The van der Waals surface area contributed by atoms with Crippen molar-refractivity contribution in [3.63, 3.8) is 0 Å². The summed E-state index contributed by atoms with van der Waals surface area (Å²) in [6, 6.07) is 5.01. The molecule has 23 nitrogen and oxygen atoms in total. The van der Waals surface area contributed by atoms with Crippen LogP contribution in [0.3, 0.4) is 0 Å². The van der Waals surface area contributed by atoms with Crippen molar-refractivity contribution in [2.24, 2.45) is 17.6 Å². The standard InChI is InChI=1S/C57H77Br2ClN8O15/c1-30(2)48(66-45(69)19-12-11-16-33(5)80-52(73)32(4)29-58)51(72)65-39(17-14-22-62-53(61)74)50(71)64-38-21-20-36(26-37(38)59)63-54(75)82-44-27-46(70)68(8)40-24-35(25-41(78-9)47(40)60)23-31(3)15-13-18-43(79-10)57(77)28-42(81-55(76)67-57)34(6)49-56(44,7)83-49/h13,15,18,20-21,24-26,30,33-34,39,42-44,48-49,77H,4,11-12,14,16-17,19,22-23,27-29H2,1-3,5-10H3,(H,63,75)(H,64,71)(H,65,72)(H,66,69)(H,67,76)(H3,61,62,74)/b18-13+,31-15+/t33?,34-,39+,42+,43-,44+,48+,49+,56+,57+/m1/s1. The van der Waals surface area contributed by atoms with Crippen molar-refractivity contribution in [2.45, 2.75) is 153 Å². The number of nitrogens with two attached hydrogens (primary N) is 1. The molecule has 5 rings (SSSR count). The molecule has 26 heteroatoms. The number of urea groups is 1. The molecular weight excluding hydrogens is 1230 g/mol. The molecule has 0 spiro atoms. The molecule has 2 aromatic rings. The summed E-state index contributed by atoms with van der Waals surface area (Å²) in [4.78, 5) is 107. The summed E-state index contributed by atoms with van der Waals surface area (Å²) in [5, 5.41) is 28.3. The third-order valence-electron chi connectivity index (χ3n) is 14.6. The predicted molar refractivity (Wildman–Crippen MR) is 318 cm³/mol. The number of nitrogens with zero attached hydrogens (tertiary/aromatic N) is 1. The van der Waals surface area contributed by atoms with Crippen molar-refractivity contribution in [1.29, 1.82) is 0 Å². The molecule has 10 atom stereocenters. The molecule has 9 N–H and O–H groups in total. The van der Waals surface area contributed by atoms with E-state index < -0.39 is 108 Å². The minimum absolute atomic E-state index is 0.0508. The van der Waals surface area contributed by atoms with E-state index in [1.54, 1.807) is 58.9 Å². The molecule has 2 fully saturated rings. The Hall–Kier alpha value is -6.25. The molecule has 2 saturated heterocycles. The van der Waals surface area contributed by atoms with Gasteiger partial charge in [-0.1, -0.05) is 78.7 Å². The largest absolute Gasteiger partial charge is 0.495 e. The van der Waals surface area contributed by atoms with E-state index in [2.05, 4.69) is 70.3 Å². The number of carbonyl (C=O) groups excluding carboxylic acids is 8. The molecule has 3 aliphatic rings. The molecule has 0 aromatic heterocycles. The minimum atomic E-state index is -1.90. The highest BCUT2D eigenvalue weighted by Gasteiger charge is 2.64. The fourth-order valence-corrected chi connectivity index (χ4v) is 10.7. The monoisotopic (exact) mass is 1310 g/mol. The van der Waals surface area contributed by atoms with Gasteiger partial charge in [-0.25, -0.2) is 19.2 Å². The predicted octanol–water partition coefficient (Wildman–Crippen LogP) is 7.59. The molecule has 3 aliphatic heterocycles. The summed E-state index contributed by atoms with van der Waals surface area (Å²) in [5.74, 6) is -3.35. The van der Waals surface area contributed by atoms with Crippen LogP contribution in [0.5, 0.6) is 5.75 Å². The number of methoxy groups -OCH3 is 2. The number of hydrogen-bond donors (Lipinski definition) is 8. The summed E-state index contributed by atoms with van der Waals surface area (Å²) >= 11 is 13.5. The normalized spacial score (nSPS) is 24.6. The van der Waals surface area contributed by atoms with Gasteiger partial charge in [0.2, 0.25) is 23.6 Å². The van der Waals surface area contributed by atoms with Crippen LogP contribution in [0.15, 0.2) is 70.8 Å². The summed E-state index contributed by atoms with van der Waals surface area (Å²) < 4.78 is 35.1. The van der Waals surface area contributed by atoms with Gasteiger partial charge >= 0.3 is 24.2 Å². The van der Waals surface area contributed by atoms with Gasteiger partial charge < -0.3 is 65.4 Å². The van der Waals surface area contributed by atoms with Crippen LogP contribution in [0, 0.1) is 11.8 Å². The molecule has 2 aromatic carbocycles. The number of anilines is 3. The van der Waals surface area contributed by atoms with E-state index in [0.717, 1.165) is 11.1 Å². The topological polar surface area (TPSA) is 317 Å². The number of alkyl halides is 1. The lowest BCUT2D eigenvalue weighted by molar-refractivity contribution is -0.144. The Morgan fingerprint density at radius 2 is 1.75 bits per heavy atom. The number of primary amides is 1. The molecule has 1 unspecified atom stereocenters. The molecular formula is C57H77Br2ClN8O15. The Morgan fingerprint density at radius 3 is 2.40 bits per heavy atom. The van der Waals surface area contributed by atoms with Gasteiger partial charge in [0.15, 0.2) is 5.72 Å². The number of esters is 1. The third kappa shape index (κ3) is 18.9. The van der Waals surface area contributed by atoms with Crippen molar-refractivity contribution in [2.75, 3.05) is 48.7 Å².